The predicted molar refractivity (Wildman–Crippen MR) is 71.3 cm³/mol. The maximum atomic E-state index is 12.1. The Morgan fingerprint density at radius 1 is 1.30 bits per heavy atom. The number of carbonyl (C=O) groups excluding carboxylic acids is 2. The standard InChI is InChI=1S/C14H18N2O4/c1-9-4-6-10(7-5-9)13(17)15-11-3-2-8-20-12(11)14(18)16-19/h4-7,11-12,19H,2-3,8H2,1H3,(H,15,17)(H,16,18)/t11-,12+/m1/s1. The van der Waals surface area contributed by atoms with E-state index in [1.54, 1.807) is 17.6 Å². The summed E-state index contributed by atoms with van der Waals surface area (Å²) in [6.07, 6.45) is 0.534. The Morgan fingerprint density at radius 2 is 2.00 bits per heavy atom. The number of rotatable bonds is 3. The first-order chi connectivity index (χ1) is 9.61. The Morgan fingerprint density at radius 3 is 2.65 bits per heavy atom. The predicted octanol–water partition coefficient (Wildman–Crippen LogP) is 0.778. The van der Waals surface area contributed by atoms with E-state index in [1.807, 2.05) is 19.1 Å². The number of benzene rings is 1. The highest BCUT2D eigenvalue weighted by molar-refractivity contribution is 5.95. The number of aryl methyl sites for hydroxylation is 1. The number of hydroxylamine groups is 1. The minimum Gasteiger partial charge on any atom is -0.366 e. The highest BCUT2D eigenvalue weighted by Gasteiger charge is 2.33. The van der Waals surface area contributed by atoms with Crippen molar-refractivity contribution in [1.82, 2.24) is 10.8 Å². The molecule has 0 aliphatic carbocycles. The van der Waals surface area contributed by atoms with Crippen LogP contribution in [-0.2, 0) is 9.53 Å². The van der Waals surface area contributed by atoms with Crippen LogP contribution in [0.4, 0.5) is 0 Å². The normalized spacial score (nSPS) is 22.1. The monoisotopic (exact) mass is 278 g/mol. The molecule has 1 aromatic carbocycles. The van der Waals surface area contributed by atoms with Gasteiger partial charge in [-0.3, -0.25) is 14.8 Å². The average molecular weight is 278 g/mol. The van der Waals surface area contributed by atoms with Gasteiger partial charge in [-0.2, -0.15) is 0 Å². The summed E-state index contributed by atoms with van der Waals surface area (Å²) in [4.78, 5) is 23.6. The van der Waals surface area contributed by atoms with E-state index in [1.165, 1.54) is 0 Å². The minimum atomic E-state index is -0.858. The second-order valence-electron chi connectivity index (χ2n) is 4.86. The highest BCUT2D eigenvalue weighted by atomic mass is 16.5. The molecule has 20 heavy (non-hydrogen) atoms. The first kappa shape index (κ1) is 14.5. The summed E-state index contributed by atoms with van der Waals surface area (Å²) in [5.41, 5.74) is 3.17. The van der Waals surface area contributed by atoms with Crippen molar-refractivity contribution < 1.29 is 19.5 Å². The zero-order valence-electron chi connectivity index (χ0n) is 11.3. The fourth-order valence-electron chi connectivity index (χ4n) is 2.21. The van der Waals surface area contributed by atoms with Crippen molar-refractivity contribution in [3.8, 4) is 0 Å². The molecular formula is C14H18N2O4. The zero-order valence-corrected chi connectivity index (χ0v) is 11.3. The van der Waals surface area contributed by atoms with Crippen molar-refractivity contribution in [3.05, 3.63) is 35.4 Å². The maximum Gasteiger partial charge on any atom is 0.274 e. The van der Waals surface area contributed by atoms with Gasteiger partial charge in [-0.15, -0.1) is 0 Å². The van der Waals surface area contributed by atoms with E-state index in [9.17, 15) is 9.59 Å². The van der Waals surface area contributed by atoms with Gasteiger partial charge >= 0.3 is 0 Å². The van der Waals surface area contributed by atoms with Gasteiger partial charge in [0.25, 0.3) is 11.8 Å². The fourth-order valence-corrected chi connectivity index (χ4v) is 2.21. The van der Waals surface area contributed by atoms with Crippen LogP contribution in [0.15, 0.2) is 24.3 Å². The number of hydrogen-bond acceptors (Lipinski definition) is 4. The van der Waals surface area contributed by atoms with Crippen molar-refractivity contribution in [2.75, 3.05) is 6.61 Å². The van der Waals surface area contributed by atoms with Crippen molar-refractivity contribution in [2.45, 2.75) is 31.9 Å². The molecule has 0 bridgehead atoms. The van der Waals surface area contributed by atoms with Gasteiger partial charge in [0.05, 0.1) is 6.04 Å². The molecule has 3 N–H and O–H groups in total. The smallest absolute Gasteiger partial charge is 0.274 e. The lowest BCUT2D eigenvalue weighted by Gasteiger charge is -2.30. The molecular weight excluding hydrogens is 260 g/mol. The lowest BCUT2D eigenvalue weighted by atomic mass is 10.0. The number of carbonyl (C=O) groups is 2. The summed E-state index contributed by atoms with van der Waals surface area (Å²) in [7, 11) is 0. The molecule has 0 aromatic heterocycles. The van der Waals surface area contributed by atoms with Crippen LogP contribution in [0.1, 0.15) is 28.8 Å². The summed E-state index contributed by atoms with van der Waals surface area (Å²) >= 11 is 0. The van der Waals surface area contributed by atoms with E-state index in [0.29, 0.717) is 18.6 Å². The van der Waals surface area contributed by atoms with Crippen LogP contribution in [0.2, 0.25) is 0 Å². The van der Waals surface area contributed by atoms with Crippen molar-refractivity contribution in [1.29, 1.82) is 0 Å². The number of amides is 2. The minimum absolute atomic E-state index is 0.253. The fraction of sp³-hybridized carbons (Fsp3) is 0.429. The molecule has 6 nitrogen and oxygen atoms in total. The Hall–Kier alpha value is -1.92. The number of nitrogens with one attached hydrogen (secondary N) is 2. The Balaban J connectivity index is 2.04. The van der Waals surface area contributed by atoms with Gasteiger partial charge in [-0.1, -0.05) is 17.7 Å². The van der Waals surface area contributed by atoms with Gasteiger partial charge in [0.1, 0.15) is 0 Å². The van der Waals surface area contributed by atoms with Gasteiger partial charge in [0, 0.05) is 12.2 Å². The molecule has 2 rings (SSSR count). The Labute approximate surface area is 117 Å². The zero-order chi connectivity index (χ0) is 14.5. The van der Waals surface area contributed by atoms with Crippen LogP contribution in [0, 0.1) is 6.92 Å². The molecule has 1 aliphatic rings. The molecule has 2 amide bonds. The molecule has 1 saturated heterocycles. The molecule has 0 radical (unpaired) electrons. The molecule has 1 heterocycles. The van der Waals surface area contributed by atoms with Gasteiger partial charge in [-0.25, -0.2) is 5.48 Å². The molecule has 0 unspecified atom stereocenters. The lowest BCUT2D eigenvalue weighted by molar-refractivity contribution is -0.146. The second kappa shape index (κ2) is 6.49. The van der Waals surface area contributed by atoms with Crippen LogP contribution in [0.3, 0.4) is 0 Å². The molecule has 0 saturated carbocycles. The van der Waals surface area contributed by atoms with E-state index < -0.39 is 18.1 Å². The molecule has 1 aromatic rings. The topological polar surface area (TPSA) is 87.7 Å². The van der Waals surface area contributed by atoms with Crippen LogP contribution in [-0.4, -0.2) is 35.8 Å². The summed E-state index contributed by atoms with van der Waals surface area (Å²) in [5.74, 6) is -0.893. The van der Waals surface area contributed by atoms with Crippen molar-refractivity contribution in [2.24, 2.45) is 0 Å². The Bertz CT molecular complexity index is 486. The summed E-state index contributed by atoms with van der Waals surface area (Å²) in [6, 6.07) is 6.73. The van der Waals surface area contributed by atoms with Gasteiger partial charge in [-0.05, 0) is 31.9 Å². The van der Waals surface area contributed by atoms with Gasteiger partial charge in [0.15, 0.2) is 6.10 Å². The van der Waals surface area contributed by atoms with E-state index in [4.69, 9.17) is 9.94 Å². The van der Waals surface area contributed by atoms with Crippen LogP contribution in [0.25, 0.3) is 0 Å². The van der Waals surface area contributed by atoms with E-state index in [-0.39, 0.29) is 5.91 Å². The van der Waals surface area contributed by atoms with Crippen LogP contribution in [0.5, 0.6) is 0 Å². The number of ether oxygens (including phenoxy) is 1. The molecule has 6 heteroatoms. The van der Waals surface area contributed by atoms with Gasteiger partial charge in [0.2, 0.25) is 0 Å². The highest BCUT2D eigenvalue weighted by Crippen LogP contribution is 2.15. The lowest BCUT2D eigenvalue weighted by Crippen LogP contribution is -2.53. The SMILES string of the molecule is Cc1ccc(C(=O)N[C@@H]2CCCO[C@@H]2C(=O)NO)cc1. The maximum absolute atomic E-state index is 12.1. The van der Waals surface area contributed by atoms with Crippen LogP contribution >= 0.6 is 0 Å². The van der Waals surface area contributed by atoms with E-state index in [0.717, 1.165) is 12.0 Å². The molecule has 0 spiro atoms. The van der Waals surface area contributed by atoms with Crippen molar-refractivity contribution >= 4 is 11.8 Å². The quantitative estimate of drug-likeness (QED) is 0.563. The van der Waals surface area contributed by atoms with E-state index in [2.05, 4.69) is 5.32 Å². The number of hydrogen-bond donors (Lipinski definition) is 3. The van der Waals surface area contributed by atoms with Crippen molar-refractivity contribution in [3.63, 3.8) is 0 Å². The molecule has 2 atom stereocenters. The first-order valence-corrected chi connectivity index (χ1v) is 6.55. The first-order valence-electron chi connectivity index (χ1n) is 6.55. The average Bonchev–Trinajstić information content (AvgIpc) is 2.47. The van der Waals surface area contributed by atoms with E-state index >= 15 is 0 Å². The summed E-state index contributed by atoms with van der Waals surface area (Å²) in [6.45, 7) is 2.38. The molecule has 108 valence electrons. The third-order valence-corrected chi connectivity index (χ3v) is 3.32. The Kier molecular flexibility index (Phi) is 4.70. The summed E-state index contributed by atoms with van der Waals surface area (Å²) < 4.78 is 5.31. The second-order valence-corrected chi connectivity index (χ2v) is 4.86. The van der Waals surface area contributed by atoms with Crippen LogP contribution < -0.4 is 10.8 Å². The molecule has 1 aliphatic heterocycles. The molecule has 1 fully saturated rings. The third kappa shape index (κ3) is 3.34. The largest absolute Gasteiger partial charge is 0.366 e. The van der Waals surface area contributed by atoms with Gasteiger partial charge < -0.3 is 10.1 Å². The third-order valence-electron chi connectivity index (χ3n) is 3.32. The summed E-state index contributed by atoms with van der Waals surface area (Å²) in [5, 5.41) is 11.5.